The summed E-state index contributed by atoms with van der Waals surface area (Å²) in [4.78, 5) is -0.772. The van der Waals surface area contributed by atoms with Gasteiger partial charge in [-0.1, -0.05) is 30.3 Å². The maximum atomic E-state index is 13.3. The summed E-state index contributed by atoms with van der Waals surface area (Å²) in [5.41, 5.74) is 12.6. The molecule has 0 spiro atoms. The summed E-state index contributed by atoms with van der Waals surface area (Å²) in [6.45, 7) is 0. The van der Waals surface area contributed by atoms with Gasteiger partial charge in [0.25, 0.3) is 10.1 Å². The number of hydrogen-bond acceptors (Lipinski definition) is 12. The zero-order valence-corrected chi connectivity index (χ0v) is 25.7. The van der Waals surface area contributed by atoms with E-state index in [9.17, 15) is 31.6 Å². The first-order valence-corrected chi connectivity index (χ1v) is 16.6. The Morgan fingerprint density at radius 3 is 1.62 bits per heavy atom. The van der Waals surface area contributed by atoms with Gasteiger partial charge in [-0.05, 0) is 83.6 Å². The molecule has 0 radical (unpaired) electrons. The number of sulfone groups is 1. The maximum Gasteiger partial charge on any atom is 0.296 e. The molecule has 0 saturated carbocycles. The van der Waals surface area contributed by atoms with Gasteiger partial charge in [-0.3, -0.25) is 4.55 Å². The summed E-state index contributed by atoms with van der Waals surface area (Å²) in [6, 6.07) is 25.1. The molecule has 0 amide bonds. The van der Waals surface area contributed by atoms with E-state index < -0.39 is 36.3 Å². The van der Waals surface area contributed by atoms with E-state index in [0.717, 1.165) is 11.5 Å². The number of rotatable bonds is 7. The third kappa shape index (κ3) is 5.93. The number of hydrogen-bond donors (Lipinski definition) is 5. The summed E-state index contributed by atoms with van der Waals surface area (Å²) in [5.74, 6) is -0.720. The highest BCUT2D eigenvalue weighted by atomic mass is 32.2. The van der Waals surface area contributed by atoms with Gasteiger partial charge in [-0.2, -0.15) is 18.6 Å². The highest BCUT2D eigenvalue weighted by molar-refractivity contribution is 7.91. The molecule has 0 saturated heterocycles. The van der Waals surface area contributed by atoms with E-state index in [0.29, 0.717) is 16.8 Å². The van der Waals surface area contributed by atoms with Crippen molar-refractivity contribution in [2.45, 2.75) is 14.7 Å². The minimum absolute atomic E-state index is 0.0244. The Balaban J connectivity index is 1.23. The number of nitrogens with two attached hydrogens (primary N) is 2. The molecule has 13 nitrogen and oxygen atoms in total. The Morgan fingerprint density at radius 2 is 1.06 bits per heavy atom. The van der Waals surface area contributed by atoms with Crippen LogP contribution < -0.4 is 11.5 Å². The van der Waals surface area contributed by atoms with Crippen molar-refractivity contribution in [3.05, 3.63) is 103 Å². The molecule has 236 valence electrons. The number of fused-ring (bicyclic) bond motifs is 2. The Bertz CT molecular complexity index is 2480. The predicted octanol–water partition coefficient (Wildman–Crippen LogP) is 7.48. The lowest BCUT2D eigenvalue weighted by Gasteiger charge is -2.10. The Hall–Kier alpha value is -5.90. The normalized spacial score (nSPS) is 12.4. The summed E-state index contributed by atoms with van der Waals surface area (Å²) in [7, 11) is -8.79. The van der Waals surface area contributed by atoms with Gasteiger partial charge in [-0.25, -0.2) is 8.42 Å². The molecule has 6 aromatic rings. The second kappa shape index (κ2) is 11.8. The third-order valence-corrected chi connectivity index (χ3v) is 9.90. The van der Waals surface area contributed by atoms with E-state index in [1.807, 2.05) is 0 Å². The molecule has 0 aliphatic heterocycles. The second-order valence-electron chi connectivity index (χ2n) is 10.3. The van der Waals surface area contributed by atoms with Crippen LogP contribution in [-0.4, -0.2) is 31.6 Å². The monoisotopic (exact) mass is 668 g/mol. The SMILES string of the molecule is Nc1cccc2ccc(N=Nc3ccc(S(=O)(=O)c4ccc(N=Nc5c(S(=O)(=O)O)cc6cccc(N)c6c5O)cc4)cc3)c(O)c12. The molecule has 0 heterocycles. The zero-order chi connectivity index (χ0) is 33.5. The fraction of sp³-hybridized carbons (Fsp3) is 0. The fourth-order valence-corrected chi connectivity index (χ4v) is 6.84. The molecule has 6 aromatic carbocycles. The second-order valence-corrected chi connectivity index (χ2v) is 13.6. The van der Waals surface area contributed by atoms with Crippen molar-refractivity contribution in [1.82, 2.24) is 0 Å². The number of phenolic OH excluding ortho intramolecular Hbond substituents is 2. The molecular weight excluding hydrogens is 645 g/mol. The molecule has 0 bridgehead atoms. The van der Waals surface area contributed by atoms with Gasteiger partial charge in [-0.15, -0.1) is 10.2 Å². The van der Waals surface area contributed by atoms with Crippen LogP contribution in [0.15, 0.2) is 138 Å². The van der Waals surface area contributed by atoms with Crippen LogP contribution in [0.25, 0.3) is 21.5 Å². The molecule has 0 aliphatic rings. The zero-order valence-electron chi connectivity index (χ0n) is 24.0. The third-order valence-electron chi connectivity index (χ3n) is 7.25. The summed E-state index contributed by atoms with van der Waals surface area (Å²) < 4.78 is 60.4. The minimum Gasteiger partial charge on any atom is -0.505 e. The number of azo groups is 2. The molecule has 0 aliphatic carbocycles. The molecule has 0 aromatic heterocycles. The molecule has 15 heteroatoms. The lowest BCUT2D eigenvalue weighted by molar-refractivity contribution is 0.472. The minimum atomic E-state index is -4.82. The van der Waals surface area contributed by atoms with E-state index in [1.165, 1.54) is 60.7 Å². The van der Waals surface area contributed by atoms with Crippen LogP contribution in [0.2, 0.25) is 0 Å². The first kappa shape index (κ1) is 31.1. The van der Waals surface area contributed by atoms with Crippen LogP contribution in [0.4, 0.5) is 34.1 Å². The van der Waals surface area contributed by atoms with Gasteiger partial charge in [0.05, 0.1) is 21.2 Å². The first-order chi connectivity index (χ1) is 22.3. The summed E-state index contributed by atoms with van der Waals surface area (Å²) >= 11 is 0. The van der Waals surface area contributed by atoms with Crippen molar-refractivity contribution < 1.29 is 31.6 Å². The molecule has 0 atom stereocenters. The van der Waals surface area contributed by atoms with Crippen molar-refractivity contribution in [1.29, 1.82) is 0 Å². The number of nitrogen functional groups attached to an aromatic ring is 2. The quantitative estimate of drug-likeness (QED) is 0.0643. The van der Waals surface area contributed by atoms with Gasteiger partial charge >= 0.3 is 0 Å². The van der Waals surface area contributed by atoms with E-state index in [1.54, 1.807) is 36.4 Å². The maximum absolute atomic E-state index is 13.3. The lowest BCUT2D eigenvalue weighted by atomic mass is 10.1. The van der Waals surface area contributed by atoms with E-state index in [2.05, 4.69) is 20.5 Å². The van der Waals surface area contributed by atoms with Gasteiger partial charge in [0.1, 0.15) is 16.3 Å². The summed E-state index contributed by atoms with van der Waals surface area (Å²) in [5, 5.41) is 39.0. The smallest absolute Gasteiger partial charge is 0.296 e. The number of benzene rings is 6. The van der Waals surface area contributed by atoms with Gasteiger partial charge < -0.3 is 21.7 Å². The Labute approximate surface area is 267 Å². The van der Waals surface area contributed by atoms with Crippen molar-refractivity contribution >= 4 is 75.6 Å². The average Bonchev–Trinajstić information content (AvgIpc) is 3.04. The van der Waals surface area contributed by atoms with Gasteiger partial charge in [0.2, 0.25) is 9.84 Å². The van der Waals surface area contributed by atoms with Crippen molar-refractivity contribution in [3.63, 3.8) is 0 Å². The predicted molar refractivity (Wildman–Crippen MR) is 177 cm³/mol. The van der Waals surface area contributed by atoms with Crippen LogP contribution >= 0.6 is 0 Å². The highest BCUT2D eigenvalue weighted by Crippen LogP contribution is 2.43. The number of aromatic hydroxyl groups is 2. The van der Waals surface area contributed by atoms with Crippen molar-refractivity contribution in [2.24, 2.45) is 20.5 Å². The number of nitrogens with zero attached hydrogens (tertiary/aromatic N) is 4. The molecule has 6 rings (SSSR count). The molecule has 47 heavy (non-hydrogen) atoms. The van der Waals surface area contributed by atoms with Crippen LogP contribution in [0, 0.1) is 0 Å². The average molecular weight is 669 g/mol. The fourth-order valence-electron chi connectivity index (χ4n) is 4.92. The van der Waals surface area contributed by atoms with Crippen molar-refractivity contribution in [2.75, 3.05) is 11.5 Å². The molecular formula is C32H24N6O7S2. The Morgan fingerprint density at radius 1 is 0.553 bits per heavy atom. The Kier molecular flexibility index (Phi) is 7.80. The number of phenols is 2. The highest BCUT2D eigenvalue weighted by Gasteiger charge is 2.23. The first-order valence-electron chi connectivity index (χ1n) is 13.6. The largest absolute Gasteiger partial charge is 0.505 e. The van der Waals surface area contributed by atoms with Crippen LogP contribution in [-0.2, 0) is 20.0 Å². The van der Waals surface area contributed by atoms with E-state index in [4.69, 9.17) is 11.5 Å². The van der Waals surface area contributed by atoms with Crippen LogP contribution in [0.3, 0.4) is 0 Å². The summed E-state index contributed by atoms with van der Waals surface area (Å²) in [6.07, 6.45) is 0. The standard InChI is InChI=1S/C32H24N6O7S2/c33-24-5-1-3-18-7-16-26(31(39)28(18)24)37-35-20-8-12-22(13-9-20)46(41,42)23-14-10-21(11-15-23)36-38-30-27(47(43,44)45)17-19-4-2-6-25(34)29(19)32(30)40/h1-17,39-40H,33-34H2,(H,43,44,45). The lowest BCUT2D eigenvalue weighted by Crippen LogP contribution is -2.01. The van der Waals surface area contributed by atoms with Crippen molar-refractivity contribution in [3.8, 4) is 11.5 Å². The number of anilines is 2. The van der Waals surface area contributed by atoms with Gasteiger partial charge in [0, 0.05) is 22.1 Å². The molecule has 7 N–H and O–H groups in total. The van der Waals surface area contributed by atoms with Crippen LogP contribution in [0.1, 0.15) is 0 Å². The van der Waals surface area contributed by atoms with Gasteiger partial charge in [0.15, 0.2) is 11.5 Å². The molecule has 0 fully saturated rings. The topological polar surface area (TPSA) is 230 Å². The van der Waals surface area contributed by atoms with E-state index >= 15 is 0 Å². The molecule has 0 unspecified atom stereocenters. The van der Waals surface area contributed by atoms with E-state index in [-0.39, 0.29) is 43.4 Å². The van der Waals surface area contributed by atoms with Crippen LogP contribution in [0.5, 0.6) is 11.5 Å².